The number of fused-ring (bicyclic) bond motifs is 2. The molecular formula is C32H32N2O4S4. The number of thiophene rings is 4. The van der Waals surface area contributed by atoms with E-state index >= 15 is 0 Å². The molecule has 4 amide bonds. The molecule has 0 bridgehead atoms. The monoisotopic (exact) mass is 636 g/mol. The quantitative estimate of drug-likeness (QED) is 0.108. The lowest BCUT2D eigenvalue weighted by atomic mass is 10.2. The van der Waals surface area contributed by atoms with Crippen molar-refractivity contribution >= 4 is 69.0 Å². The third kappa shape index (κ3) is 5.34. The van der Waals surface area contributed by atoms with Gasteiger partial charge in [-0.25, -0.2) is 0 Å². The summed E-state index contributed by atoms with van der Waals surface area (Å²) in [5.41, 5.74) is 1.05. The van der Waals surface area contributed by atoms with Crippen molar-refractivity contribution in [1.82, 2.24) is 9.80 Å². The average molecular weight is 637 g/mol. The van der Waals surface area contributed by atoms with Crippen LogP contribution in [-0.4, -0.2) is 46.5 Å². The Labute approximate surface area is 261 Å². The Morgan fingerprint density at radius 3 is 1.21 bits per heavy atom. The van der Waals surface area contributed by atoms with Crippen LogP contribution in [0.3, 0.4) is 0 Å². The first-order valence-corrected chi connectivity index (χ1v) is 17.9. The minimum atomic E-state index is -0.173. The number of hydrogen-bond acceptors (Lipinski definition) is 8. The van der Waals surface area contributed by atoms with Crippen molar-refractivity contribution in [2.24, 2.45) is 0 Å². The van der Waals surface area contributed by atoms with E-state index in [9.17, 15) is 19.2 Å². The number of imide groups is 2. The number of unbranched alkanes of at least 4 members (excludes halogenated alkanes) is 6. The molecule has 0 aromatic carbocycles. The zero-order valence-electron chi connectivity index (χ0n) is 23.7. The number of carbonyl (C=O) groups is 4. The fourth-order valence-corrected chi connectivity index (χ4v) is 9.85. The first-order chi connectivity index (χ1) is 20.4. The highest BCUT2D eigenvalue weighted by atomic mass is 32.1. The van der Waals surface area contributed by atoms with Gasteiger partial charge in [0.1, 0.15) is 9.75 Å². The summed E-state index contributed by atoms with van der Waals surface area (Å²) in [4.78, 5) is 61.8. The van der Waals surface area contributed by atoms with E-state index < -0.39 is 0 Å². The van der Waals surface area contributed by atoms with Crippen LogP contribution in [0.15, 0.2) is 36.4 Å². The number of carbonyl (C=O) groups excluding carboxylic acids is 4. The van der Waals surface area contributed by atoms with Crippen LogP contribution < -0.4 is 0 Å². The van der Waals surface area contributed by atoms with Crippen molar-refractivity contribution in [3.05, 3.63) is 57.3 Å². The van der Waals surface area contributed by atoms with E-state index in [1.54, 1.807) is 22.7 Å². The molecule has 2 aliphatic rings. The lowest BCUT2D eigenvalue weighted by Crippen LogP contribution is -2.30. The lowest BCUT2D eigenvalue weighted by molar-refractivity contribution is 0.0637. The molecule has 6 heterocycles. The van der Waals surface area contributed by atoms with E-state index in [1.807, 2.05) is 24.3 Å². The van der Waals surface area contributed by atoms with Crippen molar-refractivity contribution in [2.75, 3.05) is 13.1 Å². The number of rotatable bonds is 13. The molecular weight excluding hydrogens is 605 g/mol. The average Bonchev–Trinajstić information content (AvgIpc) is 3.81. The minimum Gasteiger partial charge on any atom is -0.274 e. The molecule has 0 N–H and O–H groups in total. The summed E-state index contributed by atoms with van der Waals surface area (Å²) in [6.45, 7) is 5.27. The van der Waals surface area contributed by atoms with Crippen LogP contribution in [0.25, 0.3) is 29.3 Å². The maximum Gasteiger partial charge on any atom is 0.271 e. The van der Waals surface area contributed by atoms with Gasteiger partial charge >= 0.3 is 0 Å². The van der Waals surface area contributed by atoms with Gasteiger partial charge < -0.3 is 0 Å². The van der Waals surface area contributed by atoms with Gasteiger partial charge in [0.2, 0.25) is 0 Å². The van der Waals surface area contributed by atoms with Crippen molar-refractivity contribution < 1.29 is 19.2 Å². The van der Waals surface area contributed by atoms with Crippen molar-refractivity contribution in [1.29, 1.82) is 0 Å². The molecule has 6 rings (SSSR count). The van der Waals surface area contributed by atoms with Gasteiger partial charge in [-0.1, -0.05) is 52.4 Å². The molecule has 42 heavy (non-hydrogen) atoms. The van der Waals surface area contributed by atoms with Crippen LogP contribution >= 0.6 is 45.3 Å². The predicted octanol–water partition coefficient (Wildman–Crippen LogP) is 9.29. The van der Waals surface area contributed by atoms with Crippen molar-refractivity contribution in [2.45, 2.75) is 65.2 Å². The zero-order valence-corrected chi connectivity index (χ0v) is 27.0. The lowest BCUT2D eigenvalue weighted by Gasteiger charge is -2.13. The molecule has 0 aliphatic carbocycles. The standard InChI is InChI=1S/C32H32N2O4S4/c1-3-5-7-9-15-33-29(35)19-17-25(41-27(19)31(33)37)23-13-11-21(39-23)22-12-14-24(40-22)26-18-20-28(42-26)32(38)34(30(20)36)16-10-8-6-4-2/h11-14,17-18H,3-10,15-16H2,1-2H3. The number of nitrogens with zero attached hydrogens (tertiary/aromatic N) is 2. The number of amides is 4. The third-order valence-corrected chi connectivity index (χ3v) is 12.7. The second kappa shape index (κ2) is 12.4. The molecule has 0 saturated carbocycles. The Morgan fingerprint density at radius 1 is 0.476 bits per heavy atom. The summed E-state index contributed by atoms with van der Waals surface area (Å²) in [7, 11) is 0. The molecule has 0 saturated heterocycles. The second-order valence-corrected chi connectivity index (χ2v) is 15.0. The van der Waals surface area contributed by atoms with Crippen molar-refractivity contribution in [3.8, 4) is 29.3 Å². The molecule has 218 valence electrons. The first-order valence-electron chi connectivity index (χ1n) is 14.6. The molecule has 10 heteroatoms. The zero-order chi connectivity index (χ0) is 29.4. The Hall–Kier alpha value is -2.92. The highest BCUT2D eigenvalue weighted by Crippen LogP contribution is 2.45. The molecule has 6 nitrogen and oxygen atoms in total. The predicted molar refractivity (Wildman–Crippen MR) is 173 cm³/mol. The maximum atomic E-state index is 12.9. The Balaban J connectivity index is 1.14. The van der Waals surface area contributed by atoms with Gasteiger partial charge in [-0.2, -0.15) is 0 Å². The number of hydrogen-bond donors (Lipinski definition) is 0. The second-order valence-electron chi connectivity index (χ2n) is 10.7. The molecule has 0 radical (unpaired) electrons. The van der Waals surface area contributed by atoms with E-state index in [-0.39, 0.29) is 23.6 Å². The van der Waals surface area contributed by atoms with E-state index in [0.29, 0.717) is 34.0 Å². The Bertz CT molecular complexity index is 1480. The third-order valence-electron chi connectivity index (χ3n) is 7.71. The van der Waals surface area contributed by atoms with Crippen LogP contribution in [0.1, 0.15) is 105 Å². The fourth-order valence-electron chi connectivity index (χ4n) is 5.39. The van der Waals surface area contributed by atoms with Gasteiger partial charge in [0, 0.05) is 42.4 Å². The molecule has 0 fully saturated rings. The molecule has 0 unspecified atom stereocenters. The van der Waals surface area contributed by atoms with E-state index in [0.717, 1.165) is 80.6 Å². The first kappa shape index (κ1) is 29.2. The normalized spacial score (nSPS) is 14.5. The van der Waals surface area contributed by atoms with Gasteiger partial charge in [0.15, 0.2) is 0 Å². The maximum absolute atomic E-state index is 12.9. The molecule has 0 atom stereocenters. The fraction of sp³-hybridized carbons (Fsp3) is 0.375. The van der Waals surface area contributed by atoms with Crippen molar-refractivity contribution in [3.63, 3.8) is 0 Å². The SMILES string of the molecule is CCCCCCN1C(=O)c2cc(-c3ccc(-c4ccc(-c5cc6c(s5)C(=O)N(CCCCCC)C6=O)s4)s3)sc2C1=O. The van der Waals surface area contributed by atoms with Crippen LogP contribution in [0, 0.1) is 0 Å². The van der Waals surface area contributed by atoms with Gasteiger partial charge in [0.25, 0.3) is 23.6 Å². The van der Waals surface area contributed by atoms with Crippen LogP contribution in [0.5, 0.6) is 0 Å². The summed E-state index contributed by atoms with van der Waals surface area (Å²) in [6, 6.07) is 12.0. The van der Waals surface area contributed by atoms with Gasteiger partial charge in [-0.05, 0) is 49.2 Å². The Kier molecular flexibility index (Phi) is 8.58. The topological polar surface area (TPSA) is 74.8 Å². The summed E-state index contributed by atoms with van der Waals surface area (Å²) in [6.07, 6.45) is 8.21. The summed E-state index contributed by atoms with van der Waals surface area (Å²) < 4.78 is 0. The van der Waals surface area contributed by atoms with E-state index in [2.05, 4.69) is 26.0 Å². The summed E-state index contributed by atoms with van der Waals surface area (Å²) in [5.74, 6) is -0.676. The van der Waals surface area contributed by atoms with Gasteiger partial charge in [-0.3, -0.25) is 29.0 Å². The Morgan fingerprint density at radius 2 is 0.857 bits per heavy atom. The van der Waals surface area contributed by atoms with Gasteiger partial charge in [0.05, 0.1) is 11.1 Å². The summed E-state index contributed by atoms with van der Waals surface area (Å²) >= 11 is 6.08. The molecule has 4 aromatic heterocycles. The van der Waals surface area contributed by atoms with Crippen LogP contribution in [0.4, 0.5) is 0 Å². The van der Waals surface area contributed by atoms with Gasteiger partial charge in [-0.15, -0.1) is 45.3 Å². The minimum absolute atomic E-state index is 0.165. The summed E-state index contributed by atoms with van der Waals surface area (Å²) in [5, 5.41) is 0. The smallest absolute Gasteiger partial charge is 0.271 e. The van der Waals surface area contributed by atoms with E-state index in [4.69, 9.17) is 0 Å². The highest BCUT2D eigenvalue weighted by molar-refractivity contribution is 7.29. The largest absolute Gasteiger partial charge is 0.274 e. The molecule has 4 aromatic rings. The molecule has 2 aliphatic heterocycles. The highest BCUT2D eigenvalue weighted by Gasteiger charge is 2.39. The van der Waals surface area contributed by atoms with E-state index in [1.165, 1.54) is 32.5 Å². The van der Waals surface area contributed by atoms with Crippen LogP contribution in [-0.2, 0) is 0 Å². The van der Waals surface area contributed by atoms with Crippen LogP contribution in [0.2, 0.25) is 0 Å². The molecule has 0 spiro atoms.